The van der Waals surface area contributed by atoms with E-state index in [0.717, 1.165) is 22.5 Å². The van der Waals surface area contributed by atoms with Gasteiger partial charge < -0.3 is 11.5 Å². The van der Waals surface area contributed by atoms with Crippen molar-refractivity contribution in [2.24, 2.45) is 0 Å². The Morgan fingerprint density at radius 1 is 0.458 bits per heavy atom. The lowest BCUT2D eigenvalue weighted by Crippen LogP contribution is -1.85. The van der Waals surface area contributed by atoms with E-state index in [-0.39, 0.29) is 0 Å². The summed E-state index contributed by atoms with van der Waals surface area (Å²) in [7, 11) is 0. The summed E-state index contributed by atoms with van der Waals surface area (Å²) < 4.78 is 0. The smallest absolute Gasteiger partial charge is 0.0343 e. The van der Waals surface area contributed by atoms with E-state index in [1.54, 1.807) is 0 Å². The van der Waals surface area contributed by atoms with E-state index in [4.69, 9.17) is 11.5 Å². The van der Waals surface area contributed by atoms with Crippen molar-refractivity contribution < 1.29 is 0 Å². The van der Waals surface area contributed by atoms with Crippen LogP contribution in [0.3, 0.4) is 0 Å². The van der Waals surface area contributed by atoms with E-state index in [1.807, 2.05) is 118 Å². The van der Waals surface area contributed by atoms with Gasteiger partial charge in [-0.25, -0.2) is 0 Å². The van der Waals surface area contributed by atoms with E-state index in [0.29, 0.717) is 0 Å². The van der Waals surface area contributed by atoms with Crippen molar-refractivity contribution in [2.75, 3.05) is 11.5 Å². The molecular formula is C22H42N2. The van der Waals surface area contributed by atoms with Crippen LogP contribution in [0.1, 0.15) is 66.5 Å². The number of aryl methyl sites for hydroxylation is 2. The van der Waals surface area contributed by atoms with E-state index >= 15 is 0 Å². The maximum Gasteiger partial charge on any atom is 0.0343 e. The van der Waals surface area contributed by atoms with Crippen LogP contribution < -0.4 is 11.5 Å². The molecule has 0 aliphatic heterocycles. The van der Waals surface area contributed by atoms with Crippen LogP contribution in [0, 0.1) is 13.8 Å². The summed E-state index contributed by atoms with van der Waals surface area (Å²) >= 11 is 0. The van der Waals surface area contributed by atoms with Gasteiger partial charge in [0, 0.05) is 11.4 Å². The van der Waals surface area contributed by atoms with Crippen molar-refractivity contribution in [3.63, 3.8) is 0 Å². The van der Waals surface area contributed by atoms with Crippen LogP contribution >= 0.6 is 0 Å². The molecule has 24 heavy (non-hydrogen) atoms. The van der Waals surface area contributed by atoms with Gasteiger partial charge in [-0.1, -0.05) is 91.8 Å². The predicted octanol–water partition coefficient (Wildman–Crippen LogP) is 7.26. The van der Waals surface area contributed by atoms with Gasteiger partial charge >= 0.3 is 0 Å². The van der Waals surface area contributed by atoms with Gasteiger partial charge in [-0.3, -0.25) is 0 Å². The summed E-state index contributed by atoms with van der Waals surface area (Å²) in [5.41, 5.74) is 15.1. The highest BCUT2D eigenvalue weighted by Gasteiger charge is 1.85. The monoisotopic (exact) mass is 334 g/mol. The van der Waals surface area contributed by atoms with Gasteiger partial charge in [0.1, 0.15) is 0 Å². The lowest BCUT2D eigenvalue weighted by atomic mass is 10.2. The Labute approximate surface area is 152 Å². The predicted molar refractivity (Wildman–Crippen MR) is 117 cm³/mol. The first kappa shape index (κ1) is 30.0. The highest BCUT2D eigenvalue weighted by atomic mass is 14.5. The molecule has 0 aromatic heterocycles. The second-order valence-electron chi connectivity index (χ2n) is 3.71. The molecule has 0 fully saturated rings. The minimum absolute atomic E-state index is 0.868. The lowest BCUT2D eigenvalue weighted by molar-refractivity contribution is 1.47. The maximum atomic E-state index is 5.52. The van der Waals surface area contributed by atoms with Crippen molar-refractivity contribution in [1.29, 1.82) is 0 Å². The van der Waals surface area contributed by atoms with E-state index in [9.17, 15) is 0 Å². The SMILES string of the molecule is CC.CC.CC.CC.Cc1ccccc1N.Cc1ccccc1N. The molecule has 0 spiro atoms. The van der Waals surface area contributed by atoms with E-state index in [1.165, 1.54) is 0 Å². The second-order valence-corrected chi connectivity index (χ2v) is 3.71. The van der Waals surface area contributed by atoms with E-state index in [2.05, 4.69) is 0 Å². The first-order valence-corrected chi connectivity index (χ1v) is 9.23. The van der Waals surface area contributed by atoms with Crippen molar-refractivity contribution in [3.8, 4) is 0 Å². The third kappa shape index (κ3) is 18.1. The number of anilines is 2. The van der Waals surface area contributed by atoms with Crippen LogP contribution in [-0.2, 0) is 0 Å². The summed E-state index contributed by atoms with van der Waals surface area (Å²) in [5.74, 6) is 0. The molecule has 0 saturated carbocycles. The Morgan fingerprint density at radius 3 is 0.792 bits per heavy atom. The van der Waals surface area contributed by atoms with Crippen molar-refractivity contribution in [3.05, 3.63) is 59.7 Å². The molecule has 0 aliphatic carbocycles. The first-order valence-electron chi connectivity index (χ1n) is 9.23. The van der Waals surface area contributed by atoms with Gasteiger partial charge in [-0.05, 0) is 37.1 Å². The van der Waals surface area contributed by atoms with Gasteiger partial charge in [0.05, 0.1) is 0 Å². The highest BCUT2D eigenvalue weighted by molar-refractivity contribution is 5.45. The Kier molecular flexibility index (Phi) is 32.4. The molecule has 0 aliphatic rings. The molecular weight excluding hydrogens is 292 g/mol. The molecule has 0 heterocycles. The Hall–Kier alpha value is -1.96. The topological polar surface area (TPSA) is 52.0 Å². The zero-order chi connectivity index (χ0) is 20.0. The number of nitrogen functional groups attached to an aromatic ring is 2. The number of hydrogen-bond acceptors (Lipinski definition) is 2. The standard InChI is InChI=1S/2C7H9N.4C2H6/c2*1-6-4-2-3-5-7(6)8;4*1-2/h2*2-5H,8H2,1H3;4*1-2H3. The van der Waals surface area contributed by atoms with Gasteiger partial charge in [0.25, 0.3) is 0 Å². The molecule has 0 atom stereocenters. The molecule has 0 unspecified atom stereocenters. The Morgan fingerprint density at radius 2 is 0.667 bits per heavy atom. The second kappa shape index (κ2) is 26.0. The minimum Gasteiger partial charge on any atom is -0.399 e. The van der Waals surface area contributed by atoms with Crippen LogP contribution in [0.4, 0.5) is 11.4 Å². The fourth-order valence-electron chi connectivity index (χ4n) is 1.17. The molecule has 2 aromatic carbocycles. The van der Waals surface area contributed by atoms with Crippen LogP contribution in [0.5, 0.6) is 0 Å². The van der Waals surface area contributed by atoms with Gasteiger partial charge in [-0.2, -0.15) is 0 Å². The van der Waals surface area contributed by atoms with Crippen LogP contribution in [-0.4, -0.2) is 0 Å². The quantitative estimate of drug-likeness (QED) is 0.498. The zero-order valence-electron chi connectivity index (χ0n) is 17.8. The van der Waals surface area contributed by atoms with Gasteiger partial charge in [0.15, 0.2) is 0 Å². The number of para-hydroxylation sites is 2. The highest BCUT2D eigenvalue weighted by Crippen LogP contribution is 2.07. The molecule has 0 saturated heterocycles. The molecule has 2 aromatic rings. The molecule has 0 bridgehead atoms. The molecule has 4 N–H and O–H groups in total. The summed E-state index contributed by atoms with van der Waals surface area (Å²) in [6, 6.07) is 15.6. The molecule has 2 nitrogen and oxygen atoms in total. The Balaban J connectivity index is -0.000000118. The summed E-state index contributed by atoms with van der Waals surface area (Å²) in [6.07, 6.45) is 0. The maximum absolute atomic E-state index is 5.52. The fraction of sp³-hybridized carbons (Fsp3) is 0.455. The number of rotatable bonds is 0. The third-order valence-corrected chi connectivity index (χ3v) is 2.38. The third-order valence-electron chi connectivity index (χ3n) is 2.38. The first-order chi connectivity index (χ1) is 11.6. The van der Waals surface area contributed by atoms with Crippen molar-refractivity contribution in [2.45, 2.75) is 69.2 Å². The number of hydrogen-bond donors (Lipinski definition) is 2. The molecule has 140 valence electrons. The average Bonchev–Trinajstić information content (AvgIpc) is 2.67. The summed E-state index contributed by atoms with van der Waals surface area (Å²) in [5, 5.41) is 0. The summed E-state index contributed by atoms with van der Waals surface area (Å²) in [4.78, 5) is 0. The van der Waals surface area contributed by atoms with Crippen molar-refractivity contribution in [1.82, 2.24) is 0 Å². The molecule has 2 rings (SSSR count). The lowest BCUT2D eigenvalue weighted by Gasteiger charge is -1.93. The zero-order valence-corrected chi connectivity index (χ0v) is 17.8. The van der Waals surface area contributed by atoms with Crippen molar-refractivity contribution >= 4 is 11.4 Å². The molecule has 0 amide bonds. The van der Waals surface area contributed by atoms with Gasteiger partial charge in [-0.15, -0.1) is 0 Å². The number of nitrogens with two attached hydrogens (primary N) is 2. The summed E-state index contributed by atoms with van der Waals surface area (Å²) in [6.45, 7) is 20.0. The minimum atomic E-state index is 0.868. The van der Waals surface area contributed by atoms with Crippen LogP contribution in [0.2, 0.25) is 0 Å². The van der Waals surface area contributed by atoms with Crippen LogP contribution in [0.25, 0.3) is 0 Å². The average molecular weight is 335 g/mol. The van der Waals surface area contributed by atoms with Crippen LogP contribution in [0.15, 0.2) is 48.5 Å². The van der Waals surface area contributed by atoms with E-state index < -0.39 is 0 Å². The Bertz CT molecular complexity index is 366. The van der Waals surface area contributed by atoms with Gasteiger partial charge in [0.2, 0.25) is 0 Å². The molecule has 0 radical (unpaired) electrons. The normalized spacial score (nSPS) is 7.08. The largest absolute Gasteiger partial charge is 0.399 e. The fourth-order valence-corrected chi connectivity index (χ4v) is 1.17. The molecule has 2 heteroatoms. The number of benzene rings is 2.